The minimum Gasteiger partial charge on any atom is -0.383 e. The molecule has 0 atom stereocenters. The molecular weight excluding hydrogens is 306 g/mol. The molecule has 1 aromatic rings. The summed E-state index contributed by atoms with van der Waals surface area (Å²) in [7, 11) is 1.59. The van der Waals surface area contributed by atoms with Gasteiger partial charge in [-0.2, -0.15) is 0 Å². The lowest BCUT2D eigenvalue weighted by molar-refractivity contribution is -0.119. The third-order valence-corrected chi connectivity index (χ3v) is 4.17. The van der Waals surface area contributed by atoms with Crippen LogP contribution in [0.15, 0.2) is 24.3 Å². The molecule has 1 fully saturated rings. The molecule has 0 heterocycles. The maximum atomic E-state index is 12.2. The van der Waals surface area contributed by atoms with E-state index in [1.54, 1.807) is 19.2 Å². The minimum atomic E-state index is -0.0915. The first kappa shape index (κ1) is 18.3. The molecule has 0 aliphatic heterocycles. The molecule has 3 N–H and O–H groups in total. The predicted molar refractivity (Wildman–Crippen MR) is 94.2 cm³/mol. The van der Waals surface area contributed by atoms with Gasteiger partial charge in [0, 0.05) is 30.9 Å². The highest BCUT2D eigenvalue weighted by Gasteiger charge is 2.16. The van der Waals surface area contributed by atoms with Crippen molar-refractivity contribution in [1.29, 1.82) is 0 Å². The Kier molecular flexibility index (Phi) is 7.55. The minimum absolute atomic E-state index is 0.0224. The van der Waals surface area contributed by atoms with Crippen LogP contribution in [0, 0.1) is 0 Å². The quantitative estimate of drug-likeness (QED) is 0.635. The molecule has 24 heavy (non-hydrogen) atoms. The molecule has 2 rings (SSSR count). The summed E-state index contributed by atoms with van der Waals surface area (Å²) in [5.41, 5.74) is 1.46. The normalized spacial score (nSPS) is 14.9. The highest BCUT2D eigenvalue weighted by atomic mass is 16.5. The van der Waals surface area contributed by atoms with Crippen LogP contribution in [0.4, 0.5) is 5.69 Å². The number of amides is 2. The second-order valence-corrected chi connectivity index (χ2v) is 6.08. The van der Waals surface area contributed by atoms with Gasteiger partial charge < -0.3 is 20.7 Å². The van der Waals surface area contributed by atoms with Crippen LogP contribution in [0.1, 0.15) is 42.5 Å². The number of hydrogen-bond acceptors (Lipinski definition) is 4. The van der Waals surface area contributed by atoms with Crippen LogP contribution in [0.2, 0.25) is 0 Å². The lowest BCUT2D eigenvalue weighted by Crippen LogP contribution is -2.36. The maximum Gasteiger partial charge on any atom is 0.251 e. The topological polar surface area (TPSA) is 79.5 Å². The second-order valence-electron chi connectivity index (χ2n) is 6.08. The molecule has 6 heteroatoms. The summed E-state index contributed by atoms with van der Waals surface area (Å²) < 4.78 is 4.87. The Balaban J connectivity index is 1.75. The summed E-state index contributed by atoms with van der Waals surface area (Å²) in [6.07, 6.45) is 5.80. The highest BCUT2D eigenvalue weighted by Crippen LogP contribution is 2.18. The average Bonchev–Trinajstić information content (AvgIpc) is 2.61. The predicted octanol–water partition coefficient (Wildman–Crippen LogP) is 1.92. The molecule has 132 valence electrons. The molecular formula is C18H27N3O3. The Hall–Kier alpha value is -2.08. The van der Waals surface area contributed by atoms with Gasteiger partial charge in [-0.15, -0.1) is 0 Å². The fourth-order valence-electron chi connectivity index (χ4n) is 2.79. The van der Waals surface area contributed by atoms with Crippen LogP contribution < -0.4 is 16.0 Å². The first-order chi connectivity index (χ1) is 11.7. The SMILES string of the molecule is COCCNC(=O)CNc1ccc(C(=O)NC2CCCCC2)cc1. The van der Waals surface area contributed by atoms with Gasteiger partial charge in [0.1, 0.15) is 0 Å². The monoisotopic (exact) mass is 333 g/mol. The zero-order chi connectivity index (χ0) is 17.2. The Morgan fingerprint density at radius 3 is 2.50 bits per heavy atom. The van der Waals surface area contributed by atoms with Crippen molar-refractivity contribution >= 4 is 17.5 Å². The lowest BCUT2D eigenvalue weighted by atomic mass is 9.95. The summed E-state index contributed by atoms with van der Waals surface area (Å²) >= 11 is 0. The Bertz CT molecular complexity index is 525. The zero-order valence-corrected chi connectivity index (χ0v) is 14.3. The van der Waals surface area contributed by atoms with Gasteiger partial charge in [-0.25, -0.2) is 0 Å². The number of nitrogens with one attached hydrogen (secondary N) is 3. The van der Waals surface area contributed by atoms with Crippen molar-refractivity contribution in [3.8, 4) is 0 Å². The Labute approximate surface area is 143 Å². The summed E-state index contributed by atoms with van der Waals surface area (Å²) in [5, 5.41) is 8.87. The average molecular weight is 333 g/mol. The van der Waals surface area contributed by atoms with E-state index in [2.05, 4.69) is 16.0 Å². The van der Waals surface area contributed by atoms with Crippen molar-refractivity contribution in [2.24, 2.45) is 0 Å². The van der Waals surface area contributed by atoms with Crippen molar-refractivity contribution in [2.75, 3.05) is 32.1 Å². The molecule has 6 nitrogen and oxygen atoms in total. The Morgan fingerprint density at radius 2 is 1.83 bits per heavy atom. The first-order valence-electron chi connectivity index (χ1n) is 8.59. The van der Waals surface area contributed by atoms with Crippen LogP contribution >= 0.6 is 0 Å². The number of carbonyl (C=O) groups is 2. The fourth-order valence-corrected chi connectivity index (χ4v) is 2.79. The van der Waals surface area contributed by atoms with Gasteiger partial charge in [-0.3, -0.25) is 9.59 Å². The molecule has 1 aliphatic carbocycles. The molecule has 0 aromatic heterocycles. The molecule has 0 bridgehead atoms. The number of ether oxygens (including phenoxy) is 1. The molecule has 0 radical (unpaired) electrons. The van der Waals surface area contributed by atoms with Crippen LogP contribution in [0.3, 0.4) is 0 Å². The lowest BCUT2D eigenvalue weighted by Gasteiger charge is -2.22. The van der Waals surface area contributed by atoms with E-state index in [-0.39, 0.29) is 18.4 Å². The standard InChI is InChI=1S/C18H27N3O3/c1-24-12-11-19-17(22)13-20-15-9-7-14(8-10-15)18(23)21-16-5-3-2-4-6-16/h7-10,16,20H,2-6,11-13H2,1H3,(H,19,22)(H,21,23). The number of methoxy groups -OCH3 is 1. The summed E-state index contributed by atoms with van der Waals surface area (Å²) in [5.74, 6) is -0.114. The van der Waals surface area contributed by atoms with Crippen LogP contribution in [0.25, 0.3) is 0 Å². The Morgan fingerprint density at radius 1 is 1.12 bits per heavy atom. The molecule has 0 spiro atoms. The van der Waals surface area contributed by atoms with Gasteiger partial charge >= 0.3 is 0 Å². The van der Waals surface area contributed by atoms with E-state index in [0.29, 0.717) is 24.8 Å². The van der Waals surface area contributed by atoms with E-state index < -0.39 is 0 Å². The molecule has 1 saturated carbocycles. The van der Waals surface area contributed by atoms with E-state index >= 15 is 0 Å². The third-order valence-electron chi connectivity index (χ3n) is 4.17. The van der Waals surface area contributed by atoms with Gasteiger partial charge in [-0.1, -0.05) is 19.3 Å². The zero-order valence-electron chi connectivity index (χ0n) is 14.3. The van der Waals surface area contributed by atoms with E-state index in [0.717, 1.165) is 18.5 Å². The first-order valence-corrected chi connectivity index (χ1v) is 8.59. The molecule has 0 unspecified atom stereocenters. The molecule has 0 saturated heterocycles. The van der Waals surface area contributed by atoms with Gasteiger partial charge in [0.15, 0.2) is 0 Å². The number of anilines is 1. The molecule has 2 amide bonds. The molecule has 1 aromatic carbocycles. The smallest absolute Gasteiger partial charge is 0.251 e. The van der Waals surface area contributed by atoms with Crippen molar-refractivity contribution in [1.82, 2.24) is 10.6 Å². The van der Waals surface area contributed by atoms with Gasteiger partial charge in [0.25, 0.3) is 5.91 Å². The van der Waals surface area contributed by atoms with Gasteiger partial charge in [0.2, 0.25) is 5.91 Å². The van der Waals surface area contributed by atoms with Crippen LogP contribution in [0.5, 0.6) is 0 Å². The largest absolute Gasteiger partial charge is 0.383 e. The summed E-state index contributed by atoms with van der Waals surface area (Å²) in [6.45, 7) is 1.19. The van der Waals surface area contributed by atoms with E-state index in [1.165, 1.54) is 19.3 Å². The van der Waals surface area contributed by atoms with E-state index in [4.69, 9.17) is 4.74 Å². The summed E-state index contributed by atoms with van der Waals surface area (Å²) in [4.78, 5) is 23.8. The van der Waals surface area contributed by atoms with Crippen LogP contribution in [-0.2, 0) is 9.53 Å². The number of benzene rings is 1. The van der Waals surface area contributed by atoms with Crippen molar-refractivity contribution in [3.05, 3.63) is 29.8 Å². The number of carbonyl (C=O) groups excluding carboxylic acids is 2. The van der Waals surface area contributed by atoms with Gasteiger partial charge in [-0.05, 0) is 37.1 Å². The van der Waals surface area contributed by atoms with Crippen molar-refractivity contribution < 1.29 is 14.3 Å². The van der Waals surface area contributed by atoms with Gasteiger partial charge in [0.05, 0.1) is 13.2 Å². The second kappa shape index (κ2) is 9.93. The maximum absolute atomic E-state index is 12.2. The van der Waals surface area contributed by atoms with Crippen LogP contribution in [-0.4, -0.2) is 44.7 Å². The fraction of sp³-hybridized carbons (Fsp3) is 0.556. The van der Waals surface area contributed by atoms with E-state index in [9.17, 15) is 9.59 Å². The third kappa shape index (κ3) is 6.20. The van der Waals surface area contributed by atoms with Crippen molar-refractivity contribution in [2.45, 2.75) is 38.1 Å². The van der Waals surface area contributed by atoms with Crippen molar-refractivity contribution in [3.63, 3.8) is 0 Å². The number of hydrogen-bond donors (Lipinski definition) is 3. The summed E-state index contributed by atoms with van der Waals surface area (Å²) in [6, 6.07) is 7.50. The molecule has 1 aliphatic rings. The van der Waals surface area contributed by atoms with E-state index in [1.807, 2.05) is 12.1 Å². The highest BCUT2D eigenvalue weighted by molar-refractivity contribution is 5.94. The number of rotatable bonds is 8.